The van der Waals surface area contributed by atoms with Crippen molar-refractivity contribution in [3.05, 3.63) is 33.1 Å². The summed E-state index contributed by atoms with van der Waals surface area (Å²) in [5.74, 6) is -1.08. The summed E-state index contributed by atoms with van der Waals surface area (Å²) in [4.78, 5) is 54.0. The average molecular weight is 603 g/mol. The molecule has 41 heavy (non-hydrogen) atoms. The van der Waals surface area contributed by atoms with E-state index >= 15 is 0 Å². The van der Waals surface area contributed by atoms with Crippen molar-refractivity contribution in [3.8, 4) is 0 Å². The minimum Gasteiger partial charge on any atom is -0.437 e. The van der Waals surface area contributed by atoms with Crippen LogP contribution < -0.4 is 11.2 Å². The number of esters is 2. The predicted octanol–water partition coefficient (Wildman–Crippen LogP) is 1.35. The van der Waals surface area contributed by atoms with Crippen LogP contribution in [0.5, 0.6) is 0 Å². The normalized spacial score (nSPS) is 22.4. The molecule has 0 radical (unpaired) electrons. The summed E-state index contributed by atoms with van der Waals surface area (Å²) >= 11 is 0. The number of aromatic nitrogens is 2. The van der Waals surface area contributed by atoms with Crippen LogP contribution in [0.15, 0.2) is 21.9 Å². The van der Waals surface area contributed by atoms with Crippen LogP contribution in [0.3, 0.4) is 0 Å². The van der Waals surface area contributed by atoms with E-state index in [2.05, 4.69) is 4.98 Å². The van der Waals surface area contributed by atoms with Gasteiger partial charge in [-0.05, 0) is 64.7 Å². The lowest BCUT2D eigenvalue weighted by Crippen LogP contribution is -2.35. The van der Waals surface area contributed by atoms with Crippen molar-refractivity contribution in [3.63, 3.8) is 0 Å². The first-order chi connectivity index (χ1) is 19.8. The Morgan fingerprint density at radius 2 is 1.41 bits per heavy atom. The van der Waals surface area contributed by atoms with Gasteiger partial charge in [0.25, 0.3) is 5.56 Å². The molecule has 1 aromatic rings. The SMILES string of the molecule is O=C(CN1CCCCC1)OCOP(=O)(OCOC(=O)CN1CCCCC1)OCC1CCC(n2ccc(=O)[nH]c2=O)O1. The highest BCUT2D eigenvalue weighted by atomic mass is 31.2. The summed E-state index contributed by atoms with van der Waals surface area (Å²) in [6.45, 7) is 1.77. The highest BCUT2D eigenvalue weighted by Gasteiger charge is 2.34. The van der Waals surface area contributed by atoms with Crippen LogP contribution in [0.2, 0.25) is 0 Å². The molecular formula is C25H39N4O11P. The lowest BCUT2D eigenvalue weighted by molar-refractivity contribution is -0.155. The van der Waals surface area contributed by atoms with Crippen molar-refractivity contribution in [2.45, 2.75) is 63.7 Å². The molecule has 0 saturated carbocycles. The van der Waals surface area contributed by atoms with Crippen molar-refractivity contribution in [2.24, 2.45) is 0 Å². The van der Waals surface area contributed by atoms with Crippen LogP contribution in [0.4, 0.5) is 0 Å². The van der Waals surface area contributed by atoms with E-state index < -0.39 is 56.9 Å². The number of nitrogens with one attached hydrogen (secondary N) is 1. The highest BCUT2D eigenvalue weighted by Crippen LogP contribution is 2.50. The van der Waals surface area contributed by atoms with Crippen LogP contribution in [-0.2, 0) is 41.9 Å². The number of phosphoric acid groups is 1. The number of phosphoric ester groups is 1. The lowest BCUT2D eigenvalue weighted by atomic mass is 10.1. The Morgan fingerprint density at radius 1 is 0.854 bits per heavy atom. The lowest BCUT2D eigenvalue weighted by Gasteiger charge is -2.25. The van der Waals surface area contributed by atoms with E-state index in [9.17, 15) is 23.7 Å². The number of nitrogens with zero attached hydrogens (tertiary/aromatic N) is 3. The Labute approximate surface area is 237 Å². The fourth-order valence-electron chi connectivity index (χ4n) is 4.96. The first-order valence-electron chi connectivity index (χ1n) is 14.1. The van der Waals surface area contributed by atoms with Gasteiger partial charge < -0.3 is 14.2 Å². The second kappa shape index (κ2) is 15.7. The number of ether oxygens (including phenoxy) is 3. The molecular weight excluding hydrogens is 563 g/mol. The van der Waals surface area contributed by atoms with Crippen molar-refractivity contribution in [1.29, 1.82) is 0 Å². The molecule has 3 fully saturated rings. The summed E-state index contributed by atoms with van der Waals surface area (Å²) in [5, 5.41) is 0. The zero-order chi connectivity index (χ0) is 29.1. The molecule has 4 heterocycles. The molecule has 2 unspecified atom stereocenters. The molecule has 0 spiro atoms. The fourth-order valence-corrected chi connectivity index (χ4v) is 5.90. The van der Waals surface area contributed by atoms with Crippen LogP contribution in [0.1, 0.15) is 57.6 Å². The number of carbonyl (C=O) groups excluding carboxylic acids is 2. The van der Waals surface area contributed by atoms with Gasteiger partial charge in [-0.15, -0.1) is 0 Å². The van der Waals surface area contributed by atoms with Gasteiger partial charge in [0.15, 0.2) is 0 Å². The second-order valence-corrected chi connectivity index (χ2v) is 11.9. The monoisotopic (exact) mass is 602 g/mol. The van der Waals surface area contributed by atoms with E-state index in [0.717, 1.165) is 64.7 Å². The third-order valence-corrected chi connectivity index (χ3v) is 8.44. The maximum atomic E-state index is 13.3. The Bertz CT molecular complexity index is 1120. The van der Waals surface area contributed by atoms with Gasteiger partial charge in [0.1, 0.15) is 6.23 Å². The van der Waals surface area contributed by atoms with Crippen molar-refractivity contribution >= 4 is 19.8 Å². The largest absolute Gasteiger partial charge is 0.480 e. The van der Waals surface area contributed by atoms with Crippen LogP contribution in [-0.4, -0.2) is 96.9 Å². The van der Waals surface area contributed by atoms with Gasteiger partial charge in [0, 0.05) is 12.3 Å². The number of hydrogen-bond acceptors (Lipinski definition) is 13. The molecule has 3 saturated heterocycles. The molecule has 3 aliphatic heterocycles. The number of likely N-dealkylation sites (tertiary alicyclic amines) is 2. The van der Waals surface area contributed by atoms with Crippen LogP contribution in [0.25, 0.3) is 0 Å². The number of carbonyl (C=O) groups is 2. The van der Waals surface area contributed by atoms with E-state index in [1.54, 1.807) is 0 Å². The molecule has 0 aromatic carbocycles. The van der Waals surface area contributed by atoms with Crippen LogP contribution in [0, 0.1) is 0 Å². The third kappa shape index (κ3) is 10.4. The minimum absolute atomic E-state index is 0.0882. The van der Waals surface area contributed by atoms with Crippen molar-refractivity contribution < 1.29 is 41.9 Å². The Morgan fingerprint density at radius 3 is 1.95 bits per heavy atom. The number of H-pyrrole nitrogens is 1. The molecule has 16 heteroatoms. The molecule has 0 bridgehead atoms. The van der Waals surface area contributed by atoms with E-state index in [4.69, 9.17) is 27.8 Å². The molecule has 15 nitrogen and oxygen atoms in total. The highest BCUT2D eigenvalue weighted by molar-refractivity contribution is 7.48. The van der Waals surface area contributed by atoms with Crippen molar-refractivity contribution in [1.82, 2.24) is 19.4 Å². The zero-order valence-corrected chi connectivity index (χ0v) is 24.0. The number of aromatic amines is 1. The molecule has 0 aliphatic carbocycles. The molecule has 0 amide bonds. The Hall–Kier alpha value is -2.39. The van der Waals surface area contributed by atoms with Gasteiger partial charge >= 0.3 is 25.5 Å². The summed E-state index contributed by atoms with van der Waals surface area (Å²) in [6.07, 6.45) is 7.29. The fraction of sp³-hybridized carbons (Fsp3) is 0.760. The topological polar surface area (TPSA) is 168 Å². The maximum absolute atomic E-state index is 13.3. The van der Waals surface area contributed by atoms with Gasteiger partial charge in [-0.25, -0.2) is 18.4 Å². The standard InChI is InChI=1S/C25H39N4O11P/c30-21-9-14-29(25(33)26-21)22-8-7-20(40-22)17-37-41(34,38-18-35-23(31)15-27-10-3-1-4-11-27)39-19-36-24(32)16-28-12-5-2-6-13-28/h9,14,20,22H,1-8,10-13,15-19H2,(H,26,30,33). The van der Waals surface area contributed by atoms with Gasteiger partial charge in [-0.1, -0.05) is 12.8 Å². The van der Waals surface area contributed by atoms with Gasteiger partial charge in [0.05, 0.1) is 25.8 Å². The maximum Gasteiger partial charge on any atom is 0.480 e. The number of rotatable bonds is 14. The summed E-state index contributed by atoms with van der Waals surface area (Å²) < 4.78 is 46.5. The third-order valence-electron chi connectivity index (χ3n) is 7.13. The van der Waals surface area contributed by atoms with Crippen molar-refractivity contribution in [2.75, 3.05) is 59.5 Å². The quantitative estimate of drug-likeness (QED) is 0.184. The van der Waals surface area contributed by atoms with E-state index in [-0.39, 0.29) is 19.7 Å². The minimum atomic E-state index is -4.36. The first kappa shape index (κ1) is 31.5. The van der Waals surface area contributed by atoms with Gasteiger partial charge in [-0.3, -0.25) is 38.3 Å². The second-order valence-electron chi connectivity index (χ2n) is 10.3. The first-order valence-corrected chi connectivity index (χ1v) is 15.5. The molecule has 1 N–H and O–H groups in total. The zero-order valence-electron chi connectivity index (χ0n) is 23.1. The smallest absolute Gasteiger partial charge is 0.437 e. The average Bonchev–Trinajstić information content (AvgIpc) is 3.42. The van der Waals surface area contributed by atoms with E-state index in [0.29, 0.717) is 12.8 Å². The summed E-state index contributed by atoms with van der Waals surface area (Å²) in [7, 11) is -4.36. The van der Waals surface area contributed by atoms with E-state index in [1.165, 1.54) is 16.8 Å². The van der Waals surface area contributed by atoms with E-state index in [1.807, 2.05) is 9.80 Å². The molecule has 2 atom stereocenters. The molecule has 3 aliphatic rings. The summed E-state index contributed by atoms with van der Waals surface area (Å²) in [5.41, 5.74) is -1.13. The number of hydrogen-bond donors (Lipinski definition) is 1. The summed E-state index contributed by atoms with van der Waals surface area (Å²) in [6, 6.07) is 1.21. The number of piperidine rings is 2. The molecule has 1 aromatic heterocycles. The van der Waals surface area contributed by atoms with Crippen LogP contribution >= 0.6 is 7.82 Å². The Kier molecular flexibility index (Phi) is 12.1. The molecule has 230 valence electrons. The predicted molar refractivity (Wildman–Crippen MR) is 143 cm³/mol. The van der Waals surface area contributed by atoms with Gasteiger partial charge in [-0.2, -0.15) is 0 Å². The van der Waals surface area contributed by atoms with Gasteiger partial charge in [0.2, 0.25) is 13.6 Å². The molecule has 4 rings (SSSR count). The Balaban J connectivity index is 1.26.